The standard InChI is InChI=1S/C24H23N7O.C6H13N/c25-22-20-21(30-31(23(20)27-14-26-22)17-9-5-2-6-10-17)15-11-12-18-19(13-15)32-24(29-18)28-16-7-3-1-4-8-16;1-3-5-7-6-4-2/h1,3-4,7-8,11-14,17H,2,5-6,9-10H2,(H,28,29)(H2,25,26,27);3,7H,1,4-6H2,2H3. The fraction of sp³-hybridized carbons (Fsp3) is 0.333. The van der Waals surface area contributed by atoms with Gasteiger partial charge in [-0.25, -0.2) is 14.6 Å². The third kappa shape index (κ3) is 6.09. The average molecular weight is 525 g/mol. The van der Waals surface area contributed by atoms with Gasteiger partial charge in [-0.3, -0.25) is 0 Å². The minimum Gasteiger partial charge on any atom is -0.423 e. The SMILES string of the molecule is C=CCNCCC.Nc1ncnc2c1c(-c1ccc3nc(Nc4ccccc4)oc3c1)nn2C1CCCCC1. The molecule has 0 radical (unpaired) electrons. The van der Waals surface area contributed by atoms with Gasteiger partial charge in [0.2, 0.25) is 0 Å². The largest absolute Gasteiger partial charge is 0.423 e. The predicted molar refractivity (Wildman–Crippen MR) is 158 cm³/mol. The number of hydrogen-bond acceptors (Lipinski definition) is 8. The topological polar surface area (TPSA) is 120 Å². The second-order valence-electron chi connectivity index (χ2n) is 9.73. The number of nitrogens with two attached hydrogens (primary N) is 1. The van der Waals surface area contributed by atoms with Crippen molar-refractivity contribution < 1.29 is 4.42 Å². The Bertz CT molecular complexity index is 1520. The van der Waals surface area contributed by atoms with E-state index in [9.17, 15) is 0 Å². The van der Waals surface area contributed by atoms with Crippen molar-refractivity contribution >= 4 is 39.7 Å². The first-order valence-electron chi connectivity index (χ1n) is 13.7. The Balaban J connectivity index is 0.000000392. The maximum atomic E-state index is 6.29. The van der Waals surface area contributed by atoms with E-state index in [1.54, 1.807) is 0 Å². The van der Waals surface area contributed by atoms with Crippen LogP contribution in [-0.2, 0) is 0 Å². The predicted octanol–water partition coefficient (Wildman–Crippen LogP) is 6.64. The van der Waals surface area contributed by atoms with Gasteiger partial charge >= 0.3 is 0 Å². The van der Waals surface area contributed by atoms with Gasteiger partial charge in [0.15, 0.2) is 11.2 Å². The molecular weight excluding hydrogens is 488 g/mol. The van der Waals surface area contributed by atoms with E-state index in [1.165, 1.54) is 32.0 Å². The average Bonchev–Trinajstić information content (AvgIpc) is 3.56. The lowest BCUT2D eigenvalue weighted by Crippen LogP contribution is -2.14. The molecule has 0 atom stereocenters. The molecule has 3 heterocycles. The number of para-hydroxylation sites is 1. The van der Waals surface area contributed by atoms with Crippen LogP contribution < -0.4 is 16.4 Å². The smallest absolute Gasteiger partial charge is 0.300 e. The van der Waals surface area contributed by atoms with Gasteiger partial charge in [-0.15, -0.1) is 6.58 Å². The van der Waals surface area contributed by atoms with Gasteiger partial charge in [0, 0.05) is 17.8 Å². The third-order valence-corrected chi connectivity index (χ3v) is 6.84. The summed E-state index contributed by atoms with van der Waals surface area (Å²) in [5.74, 6) is 0.441. The zero-order valence-corrected chi connectivity index (χ0v) is 22.4. The molecule has 6 rings (SSSR count). The number of anilines is 3. The van der Waals surface area contributed by atoms with Crippen molar-refractivity contribution in [1.82, 2.24) is 30.0 Å². The van der Waals surface area contributed by atoms with Gasteiger partial charge in [0.05, 0.1) is 11.4 Å². The molecule has 1 saturated carbocycles. The Labute approximate surface area is 228 Å². The van der Waals surface area contributed by atoms with Crippen molar-refractivity contribution in [2.24, 2.45) is 0 Å². The summed E-state index contributed by atoms with van der Waals surface area (Å²) in [6.45, 7) is 7.76. The molecular formula is C30H36N8O. The number of rotatable bonds is 8. The van der Waals surface area contributed by atoms with Gasteiger partial charge in [0.1, 0.15) is 23.4 Å². The monoisotopic (exact) mass is 524 g/mol. The third-order valence-electron chi connectivity index (χ3n) is 6.84. The van der Waals surface area contributed by atoms with Crippen molar-refractivity contribution in [3.8, 4) is 11.3 Å². The first-order valence-corrected chi connectivity index (χ1v) is 13.7. The fourth-order valence-electron chi connectivity index (χ4n) is 4.93. The van der Waals surface area contributed by atoms with Gasteiger partial charge in [-0.05, 0) is 50.1 Å². The lowest BCUT2D eigenvalue weighted by molar-refractivity contribution is 0.336. The Morgan fingerprint density at radius 3 is 2.69 bits per heavy atom. The molecule has 1 aliphatic rings. The molecule has 5 aromatic rings. The number of benzene rings is 2. The molecule has 1 fully saturated rings. The Kier molecular flexibility index (Phi) is 8.48. The number of nitrogens with one attached hydrogen (secondary N) is 2. The number of fused-ring (bicyclic) bond motifs is 2. The van der Waals surface area contributed by atoms with Crippen LogP contribution in [0.3, 0.4) is 0 Å². The van der Waals surface area contributed by atoms with E-state index in [2.05, 4.69) is 43.8 Å². The lowest BCUT2D eigenvalue weighted by atomic mass is 9.96. The summed E-state index contributed by atoms with van der Waals surface area (Å²) in [6.07, 6.45) is 10.5. The van der Waals surface area contributed by atoms with Crippen LogP contribution in [0.1, 0.15) is 51.5 Å². The molecule has 4 N–H and O–H groups in total. The molecule has 202 valence electrons. The number of hydrogen-bond donors (Lipinski definition) is 3. The van der Waals surface area contributed by atoms with E-state index in [-0.39, 0.29) is 0 Å². The van der Waals surface area contributed by atoms with Crippen molar-refractivity contribution in [3.05, 3.63) is 67.5 Å². The van der Waals surface area contributed by atoms with Crippen LogP contribution in [0.25, 0.3) is 33.4 Å². The molecule has 9 heteroatoms. The lowest BCUT2D eigenvalue weighted by Gasteiger charge is -2.22. The molecule has 0 bridgehead atoms. The van der Waals surface area contributed by atoms with E-state index >= 15 is 0 Å². The van der Waals surface area contributed by atoms with Crippen molar-refractivity contribution in [2.45, 2.75) is 51.5 Å². The second-order valence-corrected chi connectivity index (χ2v) is 9.73. The fourth-order valence-corrected chi connectivity index (χ4v) is 4.93. The maximum absolute atomic E-state index is 6.29. The Hall–Kier alpha value is -4.24. The first-order chi connectivity index (χ1) is 19.2. The van der Waals surface area contributed by atoms with E-state index in [4.69, 9.17) is 15.2 Å². The van der Waals surface area contributed by atoms with Crippen LogP contribution in [0.5, 0.6) is 0 Å². The summed E-state index contributed by atoms with van der Waals surface area (Å²) in [6, 6.07) is 16.5. The molecule has 9 nitrogen and oxygen atoms in total. The Morgan fingerprint density at radius 2 is 1.92 bits per heavy atom. The van der Waals surface area contributed by atoms with E-state index in [1.807, 2.05) is 54.6 Å². The van der Waals surface area contributed by atoms with Crippen molar-refractivity contribution in [2.75, 3.05) is 24.1 Å². The molecule has 3 aromatic heterocycles. The normalized spacial score (nSPS) is 13.8. The first kappa shape index (κ1) is 26.4. The van der Waals surface area contributed by atoms with Gasteiger partial charge in [0.25, 0.3) is 6.01 Å². The second kappa shape index (κ2) is 12.5. The van der Waals surface area contributed by atoms with E-state index in [0.29, 0.717) is 23.5 Å². The minimum absolute atomic E-state index is 0.338. The van der Waals surface area contributed by atoms with Crippen molar-refractivity contribution in [1.29, 1.82) is 0 Å². The molecule has 0 unspecified atom stereocenters. The van der Waals surface area contributed by atoms with Gasteiger partial charge in [-0.2, -0.15) is 10.1 Å². The summed E-state index contributed by atoms with van der Waals surface area (Å²) in [5.41, 5.74) is 11.1. The summed E-state index contributed by atoms with van der Waals surface area (Å²) in [4.78, 5) is 13.3. The van der Waals surface area contributed by atoms with Crippen LogP contribution in [0, 0.1) is 0 Å². The molecule has 0 amide bonds. The highest BCUT2D eigenvalue weighted by molar-refractivity contribution is 5.99. The van der Waals surface area contributed by atoms with Crippen LogP contribution in [0.4, 0.5) is 17.5 Å². The summed E-state index contributed by atoms with van der Waals surface area (Å²) < 4.78 is 8.03. The number of nitrogen functional groups attached to an aromatic ring is 1. The highest BCUT2D eigenvalue weighted by Gasteiger charge is 2.24. The Morgan fingerprint density at radius 1 is 1.10 bits per heavy atom. The van der Waals surface area contributed by atoms with Crippen LogP contribution in [-0.4, -0.2) is 37.8 Å². The zero-order valence-electron chi connectivity index (χ0n) is 22.4. The molecule has 2 aromatic carbocycles. The number of aromatic nitrogens is 5. The van der Waals surface area contributed by atoms with Crippen molar-refractivity contribution in [3.63, 3.8) is 0 Å². The molecule has 1 aliphatic carbocycles. The van der Waals surface area contributed by atoms with Gasteiger partial charge in [-0.1, -0.05) is 56.5 Å². The van der Waals surface area contributed by atoms with Gasteiger partial charge < -0.3 is 20.8 Å². The summed E-state index contributed by atoms with van der Waals surface area (Å²) >= 11 is 0. The summed E-state index contributed by atoms with van der Waals surface area (Å²) in [7, 11) is 0. The van der Waals surface area contributed by atoms with Crippen LogP contribution >= 0.6 is 0 Å². The number of nitrogens with zero attached hydrogens (tertiary/aromatic N) is 5. The molecule has 0 aliphatic heterocycles. The highest BCUT2D eigenvalue weighted by Crippen LogP contribution is 2.37. The highest BCUT2D eigenvalue weighted by atomic mass is 16.4. The number of oxazole rings is 1. The molecule has 0 saturated heterocycles. The maximum Gasteiger partial charge on any atom is 0.300 e. The summed E-state index contributed by atoms with van der Waals surface area (Å²) in [5, 5.41) is 12.1. The molecule has 39 heavy (non-hydrogen) atoms. The quantitative estimate of drug-likeness (QED) is 0.153. The van der Waals surface area contributed by atoms with E-state index < -0.39 is 0 Å². The van der Waals surface area contributed by atoms with E-state index in [0.717, 1.165) is 59.4 Å². The van der Waals surface area contributed by atoms with Crippen LogP contribution in [0.15, 0.2) is 71.9 Å². The zero-order chi connectivity index (χ0) is 27.0. The minimum atomic E-state index is 0.338. The molecule has 0 spiro atoms. The van der Waals surface area contributed by atoms with Crippen LogP contribution in [0.2, 0.25) is 0 Å².